The summed E-state index contributed by atoms with van der Waals surface area (Å²) >= 11 is 1.92. The van der Waals surface area contributed by atoms with Gasteiger partial charge in [-0.1, -0.05) is 44.5 Å². The van der Waals surface area contributed by atoms with Gasteiger partial charge in [0.15, 0.2) is 0 Å². The van der Waals surface area contributed by atoms with Crippen molar-refractivity contribution in [1.29, 1.82) is 0 Å². The Morgan fingerprint density at radius 3 is 2.30 bits per heavy atom. The van der Waals surface area contributed by atoms with Gasteiger partial charge in [-0.2, -0.15) is 0 Å². The molecule has 0 aliphatic heterocycles. The van der Waals surface area contributed by atoms with Gasteiger partial charge in [-0.05, 0) is 49.6 Å². The number of hydrogen-bond donors (Lipinski definition) is 1. The molecule has 1 nitrogen and oxygen atoms in total. The maximum absolute atomic E-state index is 3.48. The fourth-order valence-corrected chi connectivity index (χ4v) is 3.63. The first kappa shape index (κ1) is 15.3. The van der Waals surface area contributed by atoms with Gasteiger partial charge in [-0.3, -0.25) is 0 Å². The molecule has 108 valence electrons. The molecule has 1 aromatic carbocycles. The van der Waals surface area contributed by atoms with Crippen LogP contribution in [0.2, 0.25) is 0 Å². The van der Waals surface area contributed by atoms with Gasteiger partial charge >= 0.3 is 0 Å². The summed E-state index contributed by atoms with van der Waals surface area (Å²) in [5.41, 5.74) is 4.27. The van der Waals surface area contributed by atoms with Gasteiger partial charge in [0.05, 0.1) is 6.04 Å². The van der Waals surface area contributed by atoms with Gasteiger partial charge in [-0.25, -0.2) is 0 Å². The molecule has 2 aromatic rings. The van der Waals surface area contributed by atoms with E-state index in [-0.39, 0.29) is 11.5 Å². The minimum absolute atomic E-state index is 0.225. The summed E-state index contributed by atoms with van der Waals surface area (Å²) in [6.07, 6.45) is 0. The van der Waals surface area contributed by atoms with Crippen molar-refractivity contribution in [1.82, 2.24) is 5.32 Å². The Hall–Kier alpha value is -1.12. The Morgan fingerprint density at radius 2 is 1.75 bits per heavy atom. The second-order valence-electron chi connectivity index (χ2n) is 6.53. The average Bonchev–Trinajstić information content (AvgIpc) is 2.84. The molecular weight excluding hydrogens is 262 g/mol. The van der Waals surface area contributed by atoms with E-state index in [9.17, 15) is 0 Å². The van der Waals surface area contributed by atoms with Gasteiger partial charge in [0.25, 0.3) is 0 Å². The first-order valence-corrected chi connectivity index (χ1v) is 7.99. The quantitative estimate of drug-likeness (QED) is 0.840. The zero-order chi connectivity index (χ0) is 14.9. The standard InChI is InChI=1S/C18H25NS/c1-12-7-8-13(2)14(11-12)17(19-6)15-9-10-16(20-15)18(3,4)5/h7-11,17,19H,1-6H3. The molecule has 0 saturated carbocycles. The molecule has 0 amide bonds. The molecule has 1 unspecified atom stereocenters. The number of thiophene rings is 1. The first-order chi connectivity index (χ1) is 9.32. The van der Waals surface area contributed by atoms with Crippen LogP contribution in [0.15, 0.2) is 30.3 Å². The first-order valence-electron chi connectivity index (χ1n) is 7.17. The molecule has 1 N–H and O–H groups in total. The molecule has 1 aromatic heterocycles. The van der Waals surface area contributed by atoms with E-state index in [2.05, 4.69) is 70.3 Å². The zero-order valence-electron chi connectivity index (χ0n) is 13.4. The number of hydrogen-bond acceptors (Lipinski definition) is 2. The minimum Gasteiger partial charge on any atom is -0.309 e. The topological polar surface area (TPSA) is 12.0 Å². The lowest BCUT2D eigenvalue weighted by molar-refractivity contribution is 0.604. The Bertz CT molecular complexity index is 590. The third-order valence-corrected chi connectivity index (χ3v) is 5.26. The summed E-state index contributed by atoms with van der Waals surface area (Å²) in [6.45, 7) is 11.2. The third kappa shape index (κ3) is 3.13. The van der Waals surface area contributed by atoms with Crippen LogP contribution in [0, 0.1) is 13.8 Å². The van der Waals surface area contributed by atoms with E-state index in [0.717, 1.165) is 0 Å². The summed E-state index contributed by atoms with van der Waals surface area (Å²) in [4.78, 5) is 2.84. The van der Waals surface area contributed by atoms with Crippen LogP contribution in [0.1, 0.15) is 53.3 Å². The van der Waals surface area contributed by atoms with Crippen LogP contribution in [0.4, 0.5) is 0 Å². The number of benzene rings is 1. The highest BCUT2D eigenvalue weighted by Gasteiger charge is 2.21. The van der Waals surface area contributed by atoms with E-state index in [1.54, 1.807) is 0 Å². The highest BCUT2D eigenvalue weighted by Crippen LogP contribution is 2.35. The Kier molecular flexibility index (Phi) is 4.36. The summed E-state index contributed by atoms with van der Waals surface area (Å²) in [5, 5.41) is 3.48. The number of nitrogens with one attached hydrogen (secondary N) is 1. The summed E-state index contributed by atoms with van der Waals surface area (Å²) in [5.74, 6) is 0. The van der Waals surface area contributed by atoms with Crippen molar-refractivity contribution in [3.05, 3.63) is 56.8 Å². The van der Waals surface area contributed by atoms with Crippen molar-refractivity contribution in [2.75, 3.05) is 7.05 Å². The predicted molar refractivity (Wildman–Crippen MR) is 89.8 cm³/mol. The summed E-state index contributed by atoms with van der Waals surface area (Å²) in [7, 11) is 2.04. The third-order valence-electron chi connectivity index (χ3n) is 3.68. The fraction of sp³-hybridized carbons (Fsp3) is 0.444. The molecule has 2 rings (SSSR count). The van der Waals surface area contributed by atoms with E-state index < -0.39 is 0 Å². The maximum atomic E-state index is 3.48. The molecule has 20 heavy (non-hydrogen) atoms. The van der Waals surface area contributed by atoms with Crippen LogP contribution in [0.5, 0.6) is 0 Å². The van der Waals surface area contributed by atoms with Crippen molar-refractivity contribution in [3.8, 4) is 0 Å². The highest BCUT2D eigenvalue weighted by atomic mass is 32.1. The minimum atomic E-state index is 0.225. The van der Waals surface area contributed by atoms with Crippen LogP contribution in [0.3, 0.4) is 0 Å². The van der Waals surface area contributed by atoms with Crippen molar-refractivity contribution >= 4 is 11.3 Å². The van der Waals surface area contributed by atoms with Gasteiger partial charge in [0.2, 0.25) is 0 Å². The Labute approximate surface area is 127 Å². The number of rotatable bonds is 3. The summed E-state index contributed by atoms with van der Waals surface area (Å²) in [6, 6.07) is 11.5. The second kappa shape index (κ2) is 5.71. The lowest BCUT2D eigenvalue weighted by atomic mass is 9.94. The van der Waals surface area contributed by atoms with Gasteiger partial charge < -0.3 is 5.32 Å². The smallest absolute Gasteiger partial charge is 0.0671 e. The van der Waals surface area contributed by atoms with Crippen molar-refractivity contribution in [3.63, 3.8) is 0 Å². The van der Waals surface area contributed by atoms with Crippen LogP contribution in [-0.4, -0.2) is 7.05 Å². The maximum Gasteiger partial charge on any atom is 0.0671 e. The van der Waals surface area contributed by atoms with Gasteiger partial charge in [0, 0.05) is 9.75 Å². The van der Waals surface area contributed by atoms with Crippen molar-refractivity contribution in [2.45, 2.75) is 46.1 Å². The SMILES string of the molecule is CNC(c1ccc(C(C)(C)C)s1)c1cc(C)ccc1C. The Balaban J connectivity index is 2.42. The van der Waals surface area contributed by atoms with Crippen molar-refractivity contribution in [2.24, 2.45) is 0 Å². The molecule has 0 spiro atoms. The second-order valence-corrected chi connectivity index (χ2v) is 7.65. The molecule has 2 heteroatoms. The monoisotopic (exact) mass is 287 g/mol. The highest BCUT2D eigenvalue weighted by molar-refractivity contribution is 7.12. The van der Waals surface area contributed by atoms with E-state index in [1.807, 2.05) is 18.4 Å². The molecule has 0 aliphatic carbocycles. The van der Waals surface area contributed by atoms with E-state index in [1.165, 1.54) is 26.4 Å². The van der Waals surface area contributed by atoms with Crippen molar-refractivity contribution < 1.29 is 0 Å². The molecule has 0 aliphatic rings. The van der Waals surface area contributed by atoms with E-state index in [0.29, 0.717) is 0 Å². The molecule has 1 atom stereocenters. The molecule has 1 heterocycles. The Morgan fingerprint density at radius 1 is 1.05 bits per heavy atom. The average molecular weight is 287 g/mol. The molecule has 0 saturated heterocycles. The van der Waals surface area contributed by atoms with Crippen LogP contribution < -0.4 is 5.32 Å². The van der Waals surface area contributed by atoms with E-state index in [4.69, 9.17) is 0 Å². The molecule has 0 bridgehead atoms. The predicted octanol–water partition coefficient (Wildman–Crippen LogP) is 4.97. The van der Waals surface area contributed by atoms with Gasteiger partial charge in [-0.15, -0.1) is 11.3 Å². The van der Waals surface area contributed by atoms with Crippen LogP contribution >= 0.6 is 11.3 Å². The van der Waals surface area contributed by atoms with Crippen LogP contribution in [-0.2, 0) is 5.41 Å². The van der Waals surface area contributed by atoms with Gasteiger partial charge in [0.1, 0.15) is 0 Å². The lowest BCUT2D eigenvalue weighted by Crippen LogP contribution is -2.17. The van der Waals surface area contributed by atoms with E-state index >= 15 is 0 Å². The molecular formula is C18H25NS. The fourth-order valence-electron chi connectivity index (χ4n) is 2.43. The normalized spacial score (nSPS) is 13.5. The van der Waals surface area contributed by atoms with Crippen LogP contribution in [0.25, 0.3) is 0 Å². The molecule has 0 fully saturated rings. The molecule has 0 radical (unpaired) electrons. The lowest BCUT2D eigenvalue weighted by Gasteiger charge is -2.19. The number of aryl methyl sites for hydroxylation is 2. The zero-order valence-corrected chi connectivity index (χ0v) is 14.2. The summed E-state index contributed by atoms with van der Waals surface area (Å²) < 4.78 is 0. The largest absolute Gasteiger partial charge is 0.309 e.